The third kappa shape index (κ3) is 4.35. The predicted molar refractivity (Wildman–Crippen MR) is 113 cm³/mol. The number of hydrogen-bond donors (Lipinski definition) is 2. The maximum absolute atomic E-state index is 12.7. The lowest BCUT2D eigenvalue weighted by Gasteiger charge is -2.15. The van der Waals surface area contributed by atoms with Crippen LogP contribution in [0.4, 0.5) is 5.69 Å². The molecule has 0 fully saturated rings. The predicted octanol–water partition coefficient (Wildman–Crippen LogP) is 6.81. The first-order valence-corrected chi connectivity index (χ1v) is 10.3. The van der Waals surface area contributed by atoms with E-state index in [9.17, 15) is 14.7 Å². The van der Waals surface area contributed by atoms with Crippen molar-refractivity contribution in [1.82, 2.24) is 0 Å². The van der Waals surface area contributed by atoms with Crippen molar-refractivity contribution in [3.05, 3.63) is 58.8 Å². The van der Waals surface area contributed by atoms with Gasteiger partial charge in [0.2, 0.25) is 0 Å². The molecule has 4 nitrogen and oxygen atoms in total. The number of hydrogen-bond acceptors (Lipinski definition) is 2. The number of anilines is 1. The Kier molecular flexibility index (Phi) is 6.87. The van der Waals surface area contributed by atoms with Gasteiger partial charge in [-0.2, -0.15) is 0 Å². The molecule has 0 unspecified atom stereocenters. The van der Waals surface area contributed by atoms with E-state index in [2.05, 4.69) is 82.9 Å². The highest BCUT2D eigenvalue weighted by Crippen LogP contribution is 2.42. The molecule has 0 heterocycles. The number of amides is 1. The highest BCUT2D eigenvalue weighted by atomic mass is 79.9. The van der Waals surface area contributed by atoms with Crippen LogP contribution in [-0.2, 0) is 0 Å². The summed E-state index contributed by atoms with van der Waals surface area (Å²) in [5.41, 5.74) is 1.65. The standard InChI is InChI=1S/C17H13Br4NO3/c1-7(2)8-3-5-9(6-4-8)22-16(23)10-11(17(24)25)13(19)15(21)14(20)12(10)18/h3-7H,1-2H3,(H,22,23)(H,24,25). The van der Waals surface area contributed by atoms with E-state index in [1.165, 1.54) is 0 Å². The van der Waals surface area contributed by atoms with E-state index < -0.39 is 11.9 Å². The fourth-order valence-electron chi connectivity index (χ4n) is 2.19. The van der Waals surface area contributed by atoms with Crippen LogP contribution in [0.2, 0.25) is 0 Å². The molecule has 0 aliphatic rings. The number of benzene rings is 2. The largest absolute Gasteiger partial charge is 0.478 e. The average Bonchev–Trinajstić information content (AvgIpc) is 2.55. The van der Waals surface area contributed by atoms with Crippen molar-refractivity contribution in [3.8, 4) is 0 Å². The molecule has 2 aromatic carbocycles. The van der Waals surface area contributed by atoms with Crippen molar-refractivity contribution in [2.75, 3.05) is 5.32 Å². The Balaban J connectivity index is 2.47. The quantitative estimate of drug-likeness (QED) is 0.300. The third-order valence-electron chi connectivity index (χ3n) is 3.54. The van der Waals surface area contributed by atoms with Gasteiger partial charge in [0.1, 0.15) is 0 Å². The molecule has 8 heteroatoms. The summed E-state index contributed by atoms with van der Waals surface area (Å²) < 4.78 is 1.70. The SMILES string of the molecule is CC(C)c1ccc(NC(=O)c2c(Br)c(Br)c(Br)c(Br)c2C(=O)O)cc1. The van der Waals surface area contributed by atoms with Crippen LogP contribution in [0.1, 0.15) is 46.0 Å². The zero-order valence-electron chi connectivity index (χ0n) is 13.2. The number of aromatic carboxylic acids is 1. The zero-order chi connectivity index (χ0) is 18.9. The first kappa shape index (κ1) is 20.6. The van der Waals surface area contributed by atoms with Crippen LogP contribution in [0.15, 0.2) is 42.2 Å². The minimum absolute atomic E-state index is 0.0300. The van der Waals surface area contributed by atoms with Crippen LogP contribution in [0, 0.1) is 0 Å². The normalized spacial score (nSPS) is 10.8. The molecule has 0 aliphatic carbocycles. The minimum atomic E-state index is -1.21. The lowest BCUT2D eigenvalue weighted by molar-refractivity contribution is 0.0691. The van der Waals surface area contributed by atoms with E-state index in [0.717, 1.165) is 5.56 Å². The summed E-state index contributed by atoms with van der Waals surface area (Å²) in [4.78, 5) is 24.4. The lowest BCUT2D eigenvalue weighted by atomic mass is 10.0. The smallest absolute Gasteiger partial charge is 0.337 e. The van der Waals surface area contributed by atoms with E-state index in [0.29, 0.717) is 25.0 Å². The van der Waals surface area contributed by atoms with E-state index in [4.69, 9.17) is 0 Å². The summed E-state index contributed by atoms with van der Waals surface area (Å²) in [6.07, 6.45) is 0. The van der Waals surface area contributed by atoms with Crippen LogP contribution >= 0.6 is 63.7 Å². The minimum Gasteiger partial charge on any atom is -0.478 e. The van der Waals surface area contributed by atoms with Gasteiger partial charge in [-0.05, 0) is 87.3 Å². The molecule has 0 bridgehead atoms. The van der Waals surface area contributed by atoms with Gasteiger partial charge < -0.3 is 10.4 Å². The van der Waals surface area contributed by atoms with Gasteiger partial charge in [0.25, 0.3) is 5.91 Å². The molecule has 132 valence electrons. The van der Waals surface area contributed by atoms with E-state index >= 15 is 0 Å². The summed E-state index contributed by atoms with van der Waals surface area (Å²) in [6, 6.07) is 7.46. The molecule has 2 aromatic rings. The number of carbonyl (C=O) groups is 2. The lowest BCUT2D eigenvalue weighted by Crippen LogP contribution is -2.18. The van der Waals surface area contributed by atoms with Crippen molar-refractivity contribution >= 4 is 81.3 Å². The molecular weight excluding hydrogens is 586 g/mol. The summed E-state index contributed by atoms with van der Waals surface area (Å²) in [5, 5.41) is 12.3. The average molecular weight is 599 g/mol. The van der Waals surface area contributed by atoms with Gasteiger partial charge in [0, 0.05) is 23.6 Å². The Morgan fingerprint density at radius 2 is 1.36 bits per heavy atom. The van der Waals surface area contributed by atoms with Crippen LogP contribution < -0.4 is 5.32 Å². The van der Waals surface area contributed by atoms with Gasteiger partial charge in [0.05, 0.1) is 11.1 Å². The highest BCUT2D eigenvalue weighted by molar-refractivity contribution is 9.15. The van der Waals surface area contributed by atoms with Gasteiger partial charge in [-0.25, -0.2) is 4.79 Å². The molecule has 2 rings (SSSR count). The molecule has 2 N–H and O–H groups in total. The fourth-order valence-corrected chi connectivity index (χ4v) is 4.66. The Labute approximate surface area is 178 Å². The Bertz CT molecular complexity index is 848. The second-order valence-electron chi connectivity index (χ2n) is 5.54. The molecule has 25 heavy (non-hydrogen) atoms. The molecule has 0 aliphatic heterocycles. The van der Waals surface area contributed by atoms with Crippen LogP contribution in [0.5, 0.6) is 0 Å². The molecule has 0 saturated heterocycles. The maximum atomic E-state index is 12.7. The van der Waals surface area contributed by atoms with Crippen molar-refractivity contribution < 1.29 is 14.7 Å². The van der Waals surface area contributed by atoms with Gasteiger partial charge >= 0.3 is 5.97 Å². The summed E-state index contributed by atoms with van der Waals surface area (Å²) in [5.74, 6) is -1.34. The Hall–Kier alpha value is -0.700. The summed E-state index contributed by atoms with van der Waals surface area (Å²) >= 11 is 13.2. The molecule has 1 amide bonds. The highest BCUT2D eigenvalue weighted by Gasteiger charge is 2.27. The van der Waals surface area contributed by atoms with Crippen molar-refractivity contribution in [2.24, 2.45) is 0 Å². The number of nitrogens with one attached hydrogen (secondary N) is 1. The van der Waals surface area contributed by atoms with Crippen molar-refractivity contribution in [2.45, 2.75) is 19.8 Å². The molecule has 0 aromatic heterocycles. The summed E-state index contributed by atoms with van der Waals surface area (Å²) in [7, 11) is 0. The molecule has 0 spiro atoms. The van der Waals surface area contributed by atoms with Gasteiger partial charge in [0.15, 0.2) is 0 Å². The van der Waals surface area contributed by atoms with E-state index in [-0.39, 0.29) is 15.6 Å². The topological polar surface area (TPSA) is 66.4 Å². The number of carboxylic acid groups (broad SMARTS) is 1. The molecular formula is C17H13Br4NO3. The molecule has 0 saturated carbocycles. The van der Waals surface area contributed by atoms with Gasteiger partial charge in [-0.1, -0.05) is 26.0 Å². The number of rotatable bonds is 4. The monoisotopic (exact) mass is 595 g/mol. The van der Waals surface area contributed by atoms with Crippen molar-refractivity contribution in [1.29, 1.82) is 0 Å². The third-order valence-corrected chi connectivity index (χ3v) is 8.31. The van der Waals surface area contributed by atoms with Gasteiger partial charge in [-0.3, -0.25) is 4.79 Å². The second kappa shape index (κ2) is 8.33. The van der Waals surface area contributed by atoms with E-state index in [1.54, 1.807) is 12.1 Å². The van der Waals surface area contributed by atoms with Crippen LogP contribution in [-0.4, -0.2) is 17.0 Å². The molecule has 0 radical (unpaired) electrons. The van der Waals surface area contributed by atoms with Crippen LogP contribution in [0.3, 0.4) is 0 Å². The number of carboxylic acids is 1. The Morgan fingerprint density at radius 1 is 0.880 bits per heavy atom. The number of carbonyl (C=O) groups excluding carboxylic acids is 1. The maximum Gasteiger partial charge on any atom is 0.337 e. The zero-order valence-corrected chi connectivity index (χ0v) is 19.5. The van der Waals surface area contributed by atoms with Crippen LogP contribution in [0.25, 0.3) is 0 Å². The van der Waals surface area contributed by atoms with Gasteiger partial charge in [-0.15, -0.1) is 0 Å². The van der Waals surface area contributed by atoms with Crippen molar-refractivity contribution in [3.63, 3.8) is 0 Å². The summed E-state index contributed by atoms with van der Waals surface area (Å²) in [6.45, 7) is 4.17. The number of halogens is 4. The first-order chi connectivity index (χ1) is 11.6. The first-order valence-electron chi connectivity index (χ1n) is 7.15. The van der Waals surface area contributed by atoms with E-state index in [1.807, 2.05) is 12.1 Å². The Morgan fingerprint density at radius 3 is 1.80 bits per heavy atom. The second-order valence-corrected chi connectivity index (χ2v) is 8.71. The molecule has 0 atom stereocenters. The fraction of sp³-hybridized carbons (Fsp3) is 0.176.